The maximum Gasteiger partial charge on any atom is 0.277 e. The molecule has 0 atom stereocenters. The second-order valence-corrected chi connectivity index (χ2v) is 6.68. The molecule has 0 aliphatic carbocycles. The van der Waals surface area contributed by atoms with Gasteiger partial charge in [0.15, 0.2) is 11.4 Å². The average Bonchev–Trinajstić information content (AvgIpc) is 3.22. The van der Waals surface area contributed by atoms with Crippen LogP contribution in [0, 0.1) is 0 Å². The quantitative estimate of drug-likeness (QED) is 0.552. The van der Waals surface area contributed by atoms with Crippen LogP contribution in [-0.4, -0.2) is 76.6 Å². The highest BCUT2D eigenvalue weighted by Crippen LogP contribution is 2.20. The van der Waals surface area contributed by atoms with Gasteiger partial charge < -0.3 is 24.6 Å². The summed E-state index contributed by atoms with van der Waals surface area (Å²) in [6.45, 7) is 1.88. The minimum absolute atomic E-state index is 0.170. The second-order valence-electron chi connectivity index (χ2n) is 6.68. The largest absolute Gasteiger partial charge is 0.502 e. The number of carbonyl (C=O) groups is 2. The van der Waals surface area contributed by atoms with Gasteiger partial charge in [0, 0.05) is 52.4 Å². The van der Waals surface area contributed by atoms with Gasteiger partial charge in [-0.3, -0.25) is 24.1 Å². The van der Waals surface area contributed by atoms with E-state index in [1.54, 1.807) is 24.6 Å². The molecule has 0 saturated carbocycles. The Morgan fingerprint density at radius 2 is 2.14 bits per heavy atom. The predicted octanol–water partition coefficient (Wildman–Crippen LogP) is -0.802. The Morgan fingerprint density at radius 1 is 1.34 bits per heavy atom. The summed E-state index contributed by atoms with van der Waals surface area (Å²) < 4.78 is 8.20. The van der Waals surface area contributed by atoms with E-state index in [0.29, 0.717) is 32.7 Å². The van der Waals surface area contributed by atoms with E-state index >= 15 is 0 Å². The highest BCUT2D eigenvalue weighted by Gasteiger charge is 2.32. The number of aromatic nitrogens is 3. The van der Waals surface area contributed by atoms with Gasteiger partial charge in [-0.05, 0) is 6.42 Å². The highest BCUT2D eigenvalue weighted by molar-refractivity contribution is 5.99. The molecule has 0 fully saturated rings. The van der Waals surface area contributed by atoms with E-state index in [-0.39, 0.29) is 17.9 Å². The summed E-state index contributed by atoms with van der Waals surface area (Å²) in [5.41, 5.74) is -1.27. The maximum atomic E-state index is 12.7. The zero-order valence-electron chi connectivity index (χ0n) is 16.4. The number of carbonyl (C=O) groups excluding carboxylic acids is 2. The number of aromatic hydroxyl groups is 1. The maximum absolute atomic E-state index is 12.7. The van der Waals surface area contributed by atoms with Crippen LogP contribution >= 0.6 is 0 Å². The number of methoxy groups -OCH3 is 1. The number of ether oxygens (including phenoxy) is 1. The number of imidazole rings is 1. The number of hydrogen-bond donors (Lipinski definition) is 2. The van der Waals surface area contributed by atoms with Gasteiger partial charge in [-0.2, -0.15) is 0 Å². The summed E-state index contributed by atoms with van der Waals surface area (Å²) in [5.74, 6) is -1.84. The molecule has 1 aliphatic heterocycles. The Bertz CT molecular complexity index is 939. The number of fused-ring (bicyclic) bond motifs is 1. The molecule has 1 aliphatic rings. The van der Waals surface area contributed by atoms with Crippen molar-refractivity contribution < 1.29 is 19.4 Å². The van der Waals surface area contributed by atoms with Crippen molar-refractivity contribution in [1.29, 1.82) is 0 Å². The first-order valence-corrected chi connectivity index (χ1v) is 9.16. The van der Waals surface area contributed by atoms with E-state index in [9.17, 15) is 19.5 Å². The molecule has 0 unspecified atom stereocenters. The van der Waals surface area contributed by atoms with Gasteiger partial charge in [-0.1, -0.05) is 0 Å². The fraction of sp³-hybridized carbons (Fsp3) is 0.444. The van der Waals surface area contributed by atoms with Gasteiger partial charge in [-0.15, -0.1) is 0 Å². The van der Waals surface area contributed by atoms with Crippen LogP contribution in [0.5, 0.6) is 5.75 Å². The molecule has 0 saturated heterocycles. The SMILES string of the molecule is COCCN1CN(C)n2cc(C(=O)NCCCn3ccnc3)c(=O)c(O)c2C1=O. The molecule has 2 aromatic heterocycles. The summed E-state index contributed by atoms with van der Waals surface area (Å²) in [6, 6.07) is 0. The lowest BCUT2D eigenvalue weighted by Gasteiger charge is -2.37. The van der Waals surface area contributed by atoms with Crippen molar-refractivity contribution in [3.63, 3.8) is 0 Å². The first-order chi connectivity index (χ1) is 13.9. The topological polar surface area (TPSA) is 122 Å². The van der Waals surface area contributed by atoms with E-state index in [1.165, 1.54) is 22.9 Å². The van der Waals surface area contributed by atoms with Crippen LogP contribution in [0.1, 0.15) is 27.3 Å². The Kier molecular flexibility index (Phi) is 6.17. The summed E-state index contributed by atoms with van der Waals surface area (Å²) in [7, 11) is 3.21. The molecule has 0 bridgehead atoms. The van der Waals surface area contributed by atoms with Gasteiger partial charge in [-0.25, -0.2) is 4.98 Å². The summed E-state index contributed by atoms with van der Waals surface area (Å²) in [6.07, 6.45) is 7.10. The van der Waals surface area contributed by atoms with E-state index in [1.807, 2.05) is 10.8 Å². The van der Waals surface area contributed by atoms with Crippen LogP contribution in [0.2, 0.25) is 0 Å². The highest BCUT2D eigenvalue weighted by atomic mass is 16.5. The molecule has 29 heavy (non-hydrogen) atoms. The van der Waals surface area contributed by atoms with E-state index in [2.05, 4.69) is 10.3 Å². The standard InChI is InChI=1S/C18H24N6O5/c1-21-12-23(8-9-29-2)18(28)14-16(26)15(25)13(10-24(14)21)17(27)20-4-3-6-22-7-5-19-11-22/h5,7,10-11,26H,3-4,6,8-9,12H2,1-2H3,(H,20,27). The van der Waals surface area contributed by atoms with Crippen molar-refractivity contribution in [2.45, 2.75) is 13.0 Å². The van der Waals surface area contributed by atoms with Crippen molar-refractivity contribution in [2.24, 2.45) is 0 Å². The van der Waals surface area contributed by atoms with Gasteiger partial charge in [0.25, 0.3) is 11.8 Å². The number of pyridine rings is 1. The summed E-state index contributed by atoms with van der Waals surface area (Å²) >= 11 is 0. The van der Waals surface area contributed by atoms with Crippen LogP contribution in [0.4, 0.5) is 0 Å². The summed E-state index contributed by atoms with van der Waals surface area (Å²) in [4.78, 5) is 43.1. The first-order valence-electron chi connectivity index (χ1n) is 9.16. The third kappa shape index (κ3) is 4.24. The van der Waals surface area contributed by atoms with Crippen molar-refractivity contribution >= 4 is 11.8 Å². The fourth-order valence-corrected chi connectivity index (χ4v) is 3.10. The van der Waals surface area contributed by atoms with E-state index in [0.717, 1.165) is 0 Å². The molecule has 3 rings (SSSR count). The Balaban J connectivity index is 1.75. The molecule has 11 nitrogen and oxygen atoms in total. The lowest BCUT2D eigenvalue weighted by atomic mass is 10.1. The Labute approximate surface area is 167 Å². The van der Waals surface area contributed by atoms with Crippen LogP contribution in [-0.2, 0) is 11.3 Å². The van der Waals surface area contributed by atoms with Crippen LogP contribution in [0.3, 0.4) is 0 Å². The number of hydrogen-bond acceptors (Lipinski definition) is 7. The van der Waals surface area contributed by atoms with Crippen molar-refractivity contribution in [3.8, 4) is 5.75 Å². The number of rotatable bonds is 8. The minimum Gasteiger partial charge on any atom is -0.502 e. The molecular weight excluding hydrogens is 380 g/mol. The van der Waals surface area contributed by atoms with Crippen LogP contribution in [0.15, 0.2) is 29.7 Å². The second kappa shape index (κ2) is 8.78. The molecule has 2 aromatic rings. The lowest BCUT2D eigenvalue weighted by Crippen LogP contribution is -2.53. The molecule has 2 amide bonds. The molecule has 3 heterocycles. The zero-order valence-corrected chi connectivity index (χ0v) is 16.4. The lowest BCUT2D eigenvalue weighted by molar-refractivity contribution is 0.0629. The molecule has 0 aromatic carbocycles. The van der Waals surface area contributed by atoms with Gasteiger partial charge in [0.05, 0.1) is 12.9 Å². The van der Waals surface area contributed by atoms with E-state index < -0.39 is 23.0 Å². The monoisotopic (exact) mass is 404 g/mol. The average molecular weight is 404 g/mol. The zero-order chi connectivity index (χ0) is 21.0. The van der Waals surface area contributed by atoms with E-state index in [4.69, 9.17) is 4.74 Å². The van der Waals surface area contributed by atoms with Crippen LogP contribution in [0.25, 0.3) is 0 Å². The van der Waals surface area contributed by atoms with Gasteiger partial charge in [0.1, 0.15) is 12.2 Å². The Hall–Kier alpha value is -3.34. The third-order valence-electron chi connectivity index (χ3n) is 4.65. The molecule has 2 N–H and O–H groups in total. The molecule has 11 heteroatoms. The van der Waals surface area contributed by atoms with Gasteiger partial charge >= 0.3 is 0 Å². The van der Waals surface area contributed by atoms with Gasteiger partial charge in [0.2, 0.25) is 5.43 Å². The molecular formula is C18H24N6O5. The smallest absolute Gasteiger partial charge is 0.277 e. The molecule has 0 radical (unpaired) electrons. The number of nitrogens with one attached hydrogen (secondary N) is 1. The molecule has 0 spiro atoms. The Morgan fingerprint density at radius 3 is 2.83 bits per heavy atom. The van der Waals surface area contributed by atoms with Crippen molar-refractivity contribution in [3.05, 3.63) is 46.4 Å². The van der Waals surface area contributed by atoms with Crippen molar-refractivity contribution in [1.82, 2.24) is 24.4 Å². The molecule has 156 valence electrons. The van der Waals surface area contributed by atoms with Crippen LogP contribution < -0.4 is 15.8 Å². The fourth-order valence-electron chi connectivity index (χ4n) is 3.10. The minimum atomic E-state index is -0.876. The normalized spacial score (nSPS) is 13.5. The number of nitrogens with zero attached hydrogens (tertiary/aromatic N) is 5. The predicted molar refractivity (Wildman–Crippen MR) is 103 cm³/mol. The number of aryl methyl sites for hydroxylation is 1. The van der Waals surface area contributed by atoms with Crippen molar-refractivity contribution in [2.75, 3.05) is 45.5 Å². The number of amides is 2. The first kappa shape index (κ1) is 20.4. The summed E-state index contributed by atoms with van der Waals surface area (Å²) in [5, 5.41) is 14.7. The third-order valence-corrected chi connectivity index (χ3v) is 4.65.